The Morgan fingerprint density at radius 2 is 2.05 bits per heavy atom. The number of hydrogen-bond acceptors (Lipinski definition) is 3. The lowest BCUT2D eigenvalue weighted by Gasteiger charge is -2.50. The van der Waals surface area contributed by atoms with Gasteiger partial charge in [-0.1, -0.05) is 30.9 Å². The molecule has 2 N–H and O–H groups in total. The maximum Gasteiger partial charge on any atom is 0.256 e. The molecule has 1 aromatic rings. The fourth-order valence-electron chi connectivity index (χ4n) is 3.64. The predicted molar refractivity (Wildman–Crippen MR) is 82.8 cm³/mol. The molecular weight excluding hydrogens is 288 g/mol. The molecule has 1 amide bonds. The second-order valence-corrected chi connectivity index (χ2v) is 6.49. The van der Waals surface area contributed by atoms with Gasteiger partial charge in [0.25, 0.3) is 5.91 Å². The lowest BCUT2D eigenvalue weighted by atomic mass is 9.78. The summed E-state index contributed by atoms with van der Waals surface area (Å²) in [5.74, 6) is 0.0230. The zero-order chi connectivity index (χ0) is 14.9. The number of nitrogens with one attached hydrogen (secondary N) is 1. The van der Waals surface area contributed by atoms with Gasteiger partial charge in [0.1, 0.15) is 5.75 Å². The summed E-state index contributed by atoms with van der Waals surface area (Å²) in [6.07, 6.45) is 5.67. The van der Waals surface area contributed by atoms with Gasteiger partial charge in [0.15, 0.2) is 0 Å². The molecular formula is C16H21ClN2O2. The van der Waals surface area contributed by atoms with Gasteiger partial charge >= 0.3 is 0 Å². The molecule has 1 aromatic carbocycles. The molecule has 1 spiro atoms. The molecule has 1 saturated carbocycles. The smallest absolute Gasteiger partial charge is 0.256 e. The molecule has 0 aromatic heterocycles. The lowest BCUT2D eigenvalue weighted by Crippen LogP contribution is -2.63. The molecule has 21 heavy (non-hydrogen) atoms. The molecule has 4 nitrogen and oxygen atoms in total. The normalized spacial score (nSPS) is 21.5. The average Bonchev–Trinajstić information content (AvgIpc) is 2.50. The maximum absolute atomic E-state index is 12.9. The number of carbonyl (C=O) groups excluding carboxylic acids is 1. The Labute approximate surface area is 130 Å². The van der Waals surface area contributed by atoms with Crippen LogP contribution in [0.5, 0.6) is 5.75 Å². The van der Waals surface area contributed by atoms with Crippen molar-refractivity contribution in [2.45, 2.75) is 37.6 Å². The molecule has 1 saturated heterocycles. The van der Waals surface area contributed by atoms with Gasteiger partial charge in [0, 0.05) is 19.6 Å². The summed E-state index contributed by atoms with van der Waals surface area (Å²) < 4.78 is 0. The van der Waals surface area contributed by atoms with Crippen molar-refractivity contribution in [3.63, 3.8) is 0 Å². The second-order valence-electron chi connectivity index (χ2n) is 6.08. The standard InChI is InChI=1S/C16H21ClN2O2/c17-14-5-4-12(20)10-13(14)15(21)19-9-8-18-11-16(19)6-2-1-3-7-16/h4-5,10,18,20H,1-3,6-9,11H2. The number of hydrogen-bond donors (Lipinski definition) is 2. The van der Waals surface area contributed by atoms with Crippen LogP contribution in [0.25, 0.3) is 0 Å². The highest BCUT2D eigenvalue weighted by Gasteiger charge is 2.42. The van der Waals surface area contributed by atoms with E-state index in [1.165, 1.54) is 31.4 Å². The number of piperazine rings is 1. The summed E-state index contributed by atoms with van der Waals surface area (Å²) in [5, 5.41) is 13.5. The van der Waals surface area contributed by atoms with E-state index in [0.717, 1.165) is 25.9 Å². The molecule has 5 heteroatoms. The fraction of sp³-hybridized carbons (Fsp3) is 0.562. The number of benzene rings is 1. The molecule has 1 aliphatic heterocycles. The Morgan fingerprint density at radius 1 is 1.29 bits per heavy atom. The molecule has 0 unspecified atom stereocenters. The minimum Gasteiger partial charge on any atom is -0.508 e. The Bertz CT molecular complexity index is 533. The minimum atomic E-state index is -0.0810. The summed E-state index contributed by atoms with van der Waals surface area (Å²) in [7, 11) is 0. The van der Waals surface area contributed by atoms with Crippen molar-refractivity contribution in [1.82, 2.24) is 10.2 Å². The van der Waals surface area contributed by atoms with E-state index >= 15 is 0 Å². The zero-order valence-electron chi connectivity index (χ0n) is 12.1. The first-order valence-electron chi connectivity index (χ1n) is 7.64. The highest BCUT2D eigenvalue weighted by molar-refractivity contribution is 6.33. The van der Waals surface area contributed by atoms with E-state index in [4.69, 9.17) is 11.6 Å². The topological polar surface area (TPSA) is 52.6 Å². The van der Waals surface area contributed by atoms with Gasteiger partial charge in [-0.2, -0.15) is 0 Å². The van der Waals surface area contributed by atoms with Crippen LogP contribution in [0.1, 0.15) is 42.5 Å². The number of aromatic hydroxyl groups is 1. The largest absolute Gasteiger partial charge is 0.508 e. The minimum absolute atomic E-state index is 0.0562. The van der Waals surface area contributed by atoms with E-state index in [2.05, 4.69) is 5.32 Å². The van der Waals surface area contributed by atoms with Crippen LogP contribution in [-0.4, -0.2) is 41.1 Å². The van der Waals surface area contributed by atoms with Crippen molar-refractivity contribution in [2.75, 3.05) is 19.6 Å². The maximum atomic E-state index is 12.9. The van der Waals surface area contributed by atoms with E-state index in [0.29, 0.717) is 17.1 Å². The fourth-order valence-corrected chi connectivity index (χ4v) is 3.84. The van der Waals surface area contributed by atoms with Crippen molar-refractivity contribution < 1.29 is 9.90 Å². The van der Waals surface area contributed by atoms with Crippen LogP contribution in [0.3, 0.4) is 0 Å². The van der Waals surface area contributed by atoms with Crippen molar-refractivity contribution in [2.24, 2.45) is 0 Å². The molecule has 2 aliphatic rings. The Morgan fingerprint density at radius 3 is 2.81 bits per heavy atom. The zero-order valence-corrected chi connectivity index (χ0v) is 12.8. The van der Waals surface area contributed by atoms with Crippen LogP contribution in [0.2, 0.25) is 5.02 Å². The monoisotopic (exact) mass is 308 g/mol. The number of phenolic OH excluding ortho intramolecular Hbond substituents is 1. The summed E-state index contributed by atoms with van der Waals surface area (Å²) in [5.41, 5.74) is 0.325. The first kappa shape index (κ1) is 14.7. The van der Waals surface area contributed by atoms with E-state index in [1.807, 2.05) is 4.90 Å². The van der Waals surface area contributed by atoms with Crippen LogP contribution in [0.15, 0.2) is 18.2 Å². The predicted octanol–water partition coefficient (Wildman–Crippen LogP) is 2.79. The second kappa shape index (κ2) is 5.85. The number of amides is 1. The average molecular weight is 309 g/mol. The van der Waals surface area contributed by atoms with Crippen molar-refractivity contribution in [3.8, 4) is 5.75 Å². The molecule has 0 radical (unpaired) electrons. The first-order chi connectivity index (χ1) is 10.1. The van der Waals surface area contributed by atoms with Crippen LogP contribution < -0.4 is 5.32 Å². The van der Waals surface area contributed by atoms with E-state index in [9.17, 15) is 9.90 Å². The summed E-state index contributed by atoms with van der Waals surface area (Å²) in [6, 6.07) is 4.57. The van der Waals surface area contributed by atoms with Gasteiger partial charge in [-0.05, 0) is 31.0 Å². The highest BCUT2D eigenvalue weighted by Crippen LogP contribution is 2.36. The Kier molecular flexibility index (Phi) is 4.09. The van der Waals surface area contributed by atoms with Gasteiger partial charge in [0.2, 0.25) is 0 Å². The Hall–Kier alpha value is -1.26. The summed E-state index contributed by atoms with van der Waals surface area (Å²) >= 11 is 6.16. The lowest BCUT2D eigenvalue weighted by molar-refractivity contribution is 0.0222. The molecule has 2 fully saturated rings. The molecule has 3 rings (SSSR count). The number of halogens is 1. The third kappa shape index (κ3) is 2.74. The van der Waals surface area contributed by atoms with Crippen LogP contribution in [0, 0.1) is 0 Å². The van der Waals surface area contributed by atoms with Crippen molar-refractivity contribution >= 4 is 17.5 Å². The SMILES string of the molecule is O=C(c1cc(O)ccc1Cl)N1CCNCC12CCCCC2. The number of carbonyl (C=O) groups is 1. The van der Waals surface area contributed by atoms with E-state index in [-0.39, 0.29) is 17.2 Å². The number of phenols is 1. The van der Waals surface area contributed by atoms with E-state index < -0.39 is 0 Å². The number of rotatable bonds is 1. The van der Waals surface area contributed by atoms with Crippen molar-refractivity contribution in [1.29, 1.82) is 0 Å². The van der Waals surface area contributed by atoms with Gasteiger partial charge in [-0.25, -0.2) is 0 Å². The van der Waals surface area contributed by atoms with Gasteiger partial charge in [-0.3, -0.25) is 4.79 Å². The molecule has 0 bridgehead atoms. The van der Waals surface area contributed by atoms with Gasteiger partial charge in [0.05, 0.1) is 16.1 Å². The highest BCUT2D eigenvalue weighted by atomic mass is 35.5. The first-order valence-corrected chi connectivity index (χ1v) is 8.01. The third-order valence-corrected chi connectivity index (χ3v) is 5.08. The molecule has 0 atom stereocenters. The van der Waals surface area contributed by atoms with Crippen molar-refractivity contribution in [3.05, 3.63) is 28.8 Å². The van der Waals surface area contributed by atoms with Crippen LogP contribution >= 0.6 is 11.6 Å². The summed E-state index contributed by atoms with van der Waals surface area (Å²) in [6.45, 7) is 2.36. The molecule has 114 valence electrons. The molecule has 1 heterocycles. The third-order valence-electron chi connectivity index (χ3n) is 4.75. The van der Waals surface area contributed by atoms with Crippen LogP contribution in [0.4, 0.5) is 0 Å². The van der Waals surface area contributed by atoms with Gasteiger partial charge < -0.3 is 15.3 Å². The summed E-state index contributed by atoms with van der Waals surface area (Å²) in [4.78, 5) is 14.9. The quantitative estimate of drug-likeness (QED) is 0.839. The molecule has 1 aliphatic carbocycles. The van der Waals surface area contributed by atoms with Crippen LogP contribution in [-0.2, 0) is 0 Å². The number of nitrogens with zero attached hydrogens (tertiary/aromatic N) is 1. The van der Waals surface area contributed by atoms with E-state index in [1.54, 1.807) is 6.07 Å². The van der Waals surface area contributed by atoms with Gasteiger partial charge in [-0.15, -0.1) is 0 Å². The Balaban J connectivity index is 1.92.